The molecule has 19 heavy (non-hydrogen) atoms. The Bertz CT molecular complexity index is 430. The summed E-state index contributed by atoms with van der Waals surface area (Å²) in [5, 5.41) is 3.36. The summed E-state index contributed by atoms with van der Waals surface area (Å²) in [6.45, 7) is 7.19. The van der Waals surface area contributed by atoms with Crippen molar-refractivity contribution >= 4 is 5.91 Å². The number of rotatable bonds is 6. The highest BCUT2D eigenvalue weighted by Gasteiger charge is 2.13. The van der Waals surface area contributed by atoms with Crippen molar-refractivity contribution in [2.75, 3.05) is 27.2 Å². The number of hydrogen-bond donors (Lipinski definition) is 1. The molecule has 0 saturated carbocycles. The van der Waals surface area contributed by atoms with Crippen LogP contribution in [0.2, 0.25) is 0 Å². The standard InChI is InChI=1S/C15H24N2O2/c1-6-16-12(3)13-9-11(2)7-8-14(13)19-10-15(18)17(4)5/h7-9,12,16H,6,10H2,1-5H3. The van der Waals surface area contributed by atoms with Gasteiger partial charge in [0.2, 0.25) is 0 Å². The highest BCUT2D eigenvalue weighted by atomic mass is 16.5. The Labute approximate surface area is 115 Å². The summed E-state index contributed by atoms with van der Waals surface area (Å²) in [6.07, 6.45) is 0. The number of carbonyl (C=O) groups excluding carboxylic acids is 1. The van der Waals surface area contributed by atoms with E-state index in [9.17, 15) is 4.79 Å². The van der Waals surface area contributed by atoms with Crippen molar-refractivity contribution in [1.82, 2.24) is 10.2 Å². The SMILES string of the molecule is CCNC(C)c1cc(C)ccc1OCC(=O)N(C)C. The molecule has 0 aliphatic carbocycles. The van der Waals surface area contributed by atoms with Gasteiger partial charge in [0.1, 0.15) is 5.75 Å². The number of hydrogen-bond acceptors (Lipinski definition) is 3. The van der Waals surface area contributed by atoms with Crippen molar-refractivity contribution in [1.29, 1.82) is 0 Å². The van der Waals surface area contributed by atoms with Gasteiger partial charge in [-0.25, -0.2) is 0 Å². The van der Waals surface area contributed by atoms with Crippen LogP contribution in [0.5, 0.6) is 5.75 Å². The zero-order chi connectivity index (χ0) is 14.4. The molecule has 4 heteroatoms. The third kappa shape index (κ3) is 4.56. The Balaban J connectivity index is 2.84. The van der Waals surface area contributed by atoms with Crippen LogP contribution in [0.3, 0.4) is 0 Å². The maximum Gasteiger partial charge on any atom is 0.259 e. The first-order valence-corrected chi connectivity index (χ1v) is 6.62. The molecule has 0 bridgehead atoms. The van der Waals surface area contributed by atoms with E-state index in [0.717, 1.165) is 17.9 Å². The van der Waals surface area contributed by atoms with Gasteiger partial charge in [-0.1, -0.05) is 24.6 Å². The predicted octanol–water partition coefficient (Wildman–Crippen LogP) is 2.13. The average molecular weight is 264 g/mol. The minimum Gasteiger partial charge on any atom is -0.483 e. The van der Waals surface area contributed by atoms with E-state index in [1.54, 1.807) is 14.1 Å². The molecule has 1 aromatic rings. The molecule has 0 aliphatic rings. The second kappa shape index (κ2) is 7.14. The Morgan fingerprint density at radius 3 is 2.68 bits per heavy atom. The Hall–Kier alpha value is -1.55. The topological polar surface area (TPSA) is 41.6 Å². The molecule has 1 atom stereocenters. The molecule has 0 fully saturated rings. The summed E-state index contributed by atoms with van der Waals surface area (Å²) in [5.41, 5.74) is 2.28. The first-order chi connectivity index (χ1) is 8.95. The van der Waals surface area contributed by atoms with Crippen molar-refractivity contribution in [2.45, 2.75) is 26.8 Å². The van der Waals surface area contributed by atoms with Crippen LogP contribution in [0.4, 0.5) is 0 Å². The lowest BCUT2D eigenvalue weighted by Gasteiger charge is -2.19. The highest BCUT2D eigenvalue weighted by molar-refractivity contribution is 5.77. The summed E-state index contributed by atoms with van der Waals surface area (Å²) < 4.78 is 5.65. The fourth-order valence-electron chi connectivity index (χ4n) is 1.82. The molecular formula is C15H24N2O2. The number of ether oxygens (including phenoxy) is 1. The Kier molecular flexibility index (Phi) is 5.83. The van der Waals surface area contributed by atoms with Gasteiger partial charge in [-0.15, -0.1) is 0 Å². The van der Waals surface area contributed by atoms with Gasteiger partial charge in [0.25, 0.3) is 5.91 Å². The van der Waals surface area contributed by atoms with Crippen molar-refractivity contribution in [2.24, 2.45) is 0 Å². The molecule has 1 rings (SSSR count). The molecule has 1 N–H and O–H groups in total. The summed E-state index contributed by atoms with van der Waals surface area (Å²) in [7, 11) is 3.45. The molecular weight excluding hydrogens is 240 g/mol. The van der Waals surface area contributed by atoms with E-state index in [-0.39, 0.29) is 18.6 Å². The molecule has 106 valence electrons. The number of aryl methyl sites for hydroxylation is 1. The predicted molar refractivity (Wildman–Crippen MR) is 77.5 cm³/mol. The minimum absolute atomic E-state index is 0.0392. The van der Waals surface area contributed by atoms with E-state index in [4.69, 9.17) is 4.74 Å². The summed E-state index contributed by atoms with van der Waals surface area (Å²) in [6, 6.07) is 6.23. The largest absolute Gasteiger partial charge is 0.483 e. The van der Waals surface area contributed by atoms with Gasteiger partial charge >= 0.3 is 0 Å². The molecule has 0 heterocycles. The van der Waals surface area contributed by atoms with Gasteiger partial charge < -0.3 is 15.0 Å². The quantitative estimate of drug-likeness (QED) is 0.856. The van der Waals surface area contributed by atoms with Crippen LogP contribution in [-0.2, 0) is 4.79 Å². The van der Waals surface area contributed by atoms with Crippen molar-refractivity contribution in [3.05, 3.63) is 29.3 Å². The summed E-state index contributed by atoms with van der Waals surface area (Å²) in [5.74, 6) is 0.733. The van der Waals surface area contributed by atoms with Crippen molar-refractivity contribution < 1.29 is 9.53 Å². The number of nitrogens with zero attached hydrogens (tertiary/aromatic N) is 1. The van der Waals surface area contributed by atoms with Gasteiger partial charge in [0, 0.05) is 25.7 Å². The fourth-order valence-corrected chi connectivity index (χ4v) is 1.82. The number of nitrogens with one attached hydrogen (secondary N) is 1. The second-order valence-electron chi connectivity index (χ2n) is 4.90. The van der Waals surface area contributed by atoms with Crippen LogP contribution < -0.4 is 10.1 Å². The molecule has 0 radical (unpaired) electrons. The van der Waals surface area contributed by atoms with Crippen molar-refractivity contribution in [3.8, 4) is 5.75 Å². The molecule has 4 nitrogen and oxygen atoms in total. The number of carbonyl (C=O) groups is 1. The van der Waals surface area contributed by atoms with Crippen molar-refractivity contribution in [3.63, 3.8) is 0 Å². The van der Waals surface area contributed by atoms with E-state index in [1.807, 2.05) is 12.1 Å². The van der Waals surface area contributed by atoms with Gasteiger partial charge in [-0.2, -0.15) is 0 Å². The number of amides is 1. The highest BCUT2D eigenvalue weighted by Crippen LogP contribution is 2.26. The third-order valence-corrected chi connectivity index (χ3v) is 2.99. The smallest absolute Gasteiger partial charge is 0.259 e. The molecule has 1 aromatic carbocycles. The summed E-state index contributed by atoms with van der Waals surface area (Å²) in [4.78, 5) is 13.1. The zero-order valence-corrected chi connectivity index (χ0v) is 12.5. The van der Waals surface area contributed by atoms with Crippen LogP contribution in [0.25, 0.3) is 0 Å². The molecule has 0 spiro atoms. The van der Waals surface area contributed by atoms with Crippen LogP contribution >= 0.6 is 0 Å². The maximum absolute atomic E-state index is 11.6. The van der Waals surface area contributed by atoms with Gasteiger partial charge in [-0.3, -0.25) is 4.79 Å². The lowest BCUT2D eigenvalue weighted by Crippen LogP contribution is -2.28. The average Bonchev–Trinajstić information content (AvgIpc) is 2.36. The maximum atomic E-state index is 11.6. The monoisotopic (exact) mass is 264 g/mol. The van der Waals surface area contributed by atoms with Gasteiger partial charge in [-0.05, 0) is 26.5 Å². The van der Waals surface area contributed by atoms with E-state index in [0.29, 0.717) is 0 Å². The van der Waals surface area contributed by atoms with Crippen LogP contribution in [-0.4, -0.2) is 38.1 Å². The van der Waals surface area contributed by atoms with E-state index >= 15 is 0 Å². The molecule has 0 saturated heterocycles. The van der Waals surface area contributed by atoms with Gasteiger partial charge in [0.05, 0.1) is 0 Å². The van der Waals surface area contributed by atoms with E-state index < -0.39 is 0 Å². The summed E-state index contributed by atoms with van der Waals surface area (Å²) >= 11 is 0. The van der Waals surface area contributed by atoms with E-state index in [1.165, 1.54) is 10.5 Å². The Morgan fingerprint density at radius 1 is 1.42 bits per heavy atom. The first kappa shape index (κ1) is 15.5. The minimum atomic E-state index is -0.0392. The van der Waals surface area contributed by atoms with Gasteiger partial charge in [0.15, 0.2) is 6.61 Å². The lowest BCUT2D eigenvalue weighted by atomic mass is 10.0. The molecule has 1 unspecified atom stereocenters. The number of likely N-dealkylation sites (N-methyl/N-ethyl adjacent to an activating group) is 1. The lowest BCUT2D eigenvalue weighted by molar-refractivity contribution is -0.130. The van der Waals surface area contributed by atoms with Crippen LogP contribution in [0.15, 0.2) is 18.2 Å². The van der Waals surface area contributed by atoms with E-state index in [2.05, 4.69) is 32.2 Å². The normalized spacial score (nSPS) is 12.1. The molecule has 1 amide bonds. The number of benzene rings is 1. The third-order valence-electron chi connectivity index (χ3n) is 2.99. The van der Waals surface area contributed by atoms with Crippen LogP contribution in [0.1, 0.15) is 31.0 Å². The molecule has 0 aromatic heterocycles. The first-order valence-electron chi connectivity index (χ1n) is 6.62. The molecule has 0 aliphatic heterocycles. The second-order valence-corrected chi connectivity index (χ2v) is 4.90. The fraction of sp³-hybridized carbons (Fsp3) is 0.533. The van der Waals surface area contributed by atoms with Crippen LogP contribution in [0, 0.1) is 6.92 Å². The Morgan fingerprint density at radius 2 is 2.11 bits per heavy atom. The zero-order valence-electron chi connectivity index (χ0n) is 12.5.